The summed E-state index contributed by atoms with van der Waals surface area (Å²) in [5.74, 6) is -1.39. The van der Waals surface area contributed by atoms with Crippen molar-refractivity contribution in [1.82, 2.24) is 10.3 Å². The van der Waals surface area contributed by atoms with Crippen molar-refractivity contribution in [1.29, 1.82) is 0 Å². The third-order valence-corrected chi connectivity index (χ3v) is 5.33. The maximum Gasteiger partial charge on any atom is 0.405 e. The van der Waals surface area contributed by atoms with Crippen LogP contribution < -0.4 is 10.6 Å². The van der Waals surface area contributed by atoms with Crippen molar-refractivity contribution in [2.75, 3.05) is 18.4 Å². The van der Waals surface area contributed by atoms with Gasteiger partial charge in [0.25, 0.3) is 11.8 Å². The van der Waals surface area contributed by atoms with E-state index in [4.69, 9.17) is 8.83 Å². The minimum absolute atomic E-state index is 0.0829. The van der Waals surface area contributed by atoms with E-state index in [1.54, 1.807) is 29.6 Å². The van der Waals surface area contributed by atoms with E-state index in [2.05, 4.69) is 10.4 Å². The van der Waals surface area contributed by atoms with Crippen LogP contribution in [0, 0.1) is 12.7 Å². The maximum absolute atomic E-state index is 14.4. The molecule has 0 spiro atoms. The number of carbonyl (C=O) groups is 2. The lowest BCUT2D eigenvalue weighted by Crippen LogP contribution is -2.34. The van der Waals surface area contributed by atoms with Crippen LogP contribution in [-0.4, -0.2) is 41.8 Å². The number of hydrazone groups is 1. The molecule has 3 heterocycles. The molecular formula is C23H20F4N4O4. The first kappa shape index (κ1) is 24.0. The molecule has 0 radical (unpaired) electrons. The molecule has 12 heteroatoms. The zero-order valence-electron chi connectivity index (χ0n) is 18.4. The van der Waals surface area contributed by atoms with E-state index in [1.807, 2.05) is 0 Å². The Morgan fingerprint density at radius 1 is 1.17 bits per heavy atom. The smallest absolute Gasteiger partial charge is 0.405 e. The summed E-state index contributed by atoms with van der Waals surface area (Å²) in [4.78, 5) is 25.1. The van der Waals surface area contributed by atoms with Crippen LogP contribution in [0.1, 0.15) is 39.9 Å². The van der Waals surface area contributed by atoms with Gasteiger partial charge in [0.05, 0.1) is 19.1 Å². The van der Waals surface area contributed by atoms with E-state index in [-0.39, 0.29) is 23.4 Å². The van der Waals surface area contributed by atoms with Gasteiger partial charge in [0, 0.05) is 23.2 Å². The number of hydrogen-bond donors (Lipinski definition) is 2. The molecule has 1 aromatic carbocycles. The molecule has 8 nitrogen and oxygen atoms in total. The van der Waals surface area contributed by atoms with Gasteiger partial charge in [-0.1, -0.05) is 0 Å². The number of nitrogens with one attached hydrogen (secondary N) is 2. The predicted molar refractivity (Wildman–Crippen MR) is 116 cm³/mol. The van der Waals surface area contributed by atoms with Crippen molar-refractivity contribution >= 4 is 23.2 Å². The van der Waals surface area contributed by atoms with Gasteiger partial charge in [-0.15, -0.1) is 0 Å². The molecule has 2 amide bonds. The third kappa shape index (κ3) is 5.53. The Bertz CT molecular complexity index is 1240. The molecule has 1 aliphatic heterocycles. The summed E-state index contributed by atoms with van der Waals surface area (Å²) in [5.41, 5.74) is 0.392. The van der Waals surface area contributed by atoms with Crippen LogP contribution >= 0.6 is 0 Å². The summed E-state index contributed by atoms with van der Waals surface area (Å²) in [7, 11) is 0. The number of amides is 2. The second kappa shape index (κ2) is 9.65. The molecule has 2 N–H and O–H groups in total. The van der Waals surface area contributed by atoms with Crippen LogP contribution in [0.15, 0.2) is 62.9 Å². The molecule has 35 heavy (non-hydrogen) atoms. The molecule has 1 atom stereocenters. The number of rotatable bonds is 7. The quantitative estimate of drug-likeness (QED) is 0.477. The zero-order chi connectivity index (χ0) is 25.2. The summed E-state index contributed by atoms with van der Waals surface area (Å²) in [6, 6.07) is 8.29. The Balaban J connectivity index is 1.50. The Labute approximate surface area is 196 Å². The van der Waals surface area contributed by atoms with E-state index in [0.29, 0.717) is 23.7 Å². The highest BCUT2D eigenvalue weighted by Crippen LogP contribution is 2.33. The minimum Gasteiger partial charge on any atom is -0.467 e. The van der Waals surface area contributed by atoms with Crippen molar-refractivity contribution in [2.45, 2.75) is 25.6 Å². The molecule has 0 saturated carbocycles. The third-order valence-electron chi connectivity index (χ3n) is 5.33. The molecule has 184 valence electrons. The predicted octanol–water partition coefficient (Wildman–Crippen LogP) is 4.40. The first-order valence-corrected chi connectivity index (χ1v) is 10.5. The Hall–Kier alpha value is -4.09. The highest BCUT2D eigenvalue weighted by Gasteiger charge is 2.35. The fourth-order valence-electron chi connectivity index (χ4n) is 3.56. The molecule has 0 saturated heterocycles. The lowest BCUT2D eigenvalue weighted by Gasteiger charge is -2.21. The van der Waals surface area contributed by atoms with Gasteiger partial charge in [-0.3, -0.25) is 9.59 Å². The summed E-state index contributed by atoms with van der Waals surface area (Å²) in [6.45, 7) is -0.476. The SMILES string of the molecule is Cc1c(F)cc(C(=O)NCC(F)(F)F)cc1NCC(=O)N1N=C(c2ccco2)CC1c1ccco1. The van der Waals surface area contributed by atoms with Crippen molar-refractivity contribution in [2.24, 2.45) is 5.10 Å². The fraction of sp³-hybridized carbons (Fsp3) is 0.261. The number of hydrogen-bond acceptors (Lipinski definition) is 6. The second-order valence-electron chi connectivity index (χ2n) is 7.78. The molecule has 1 aliphatic rings. The van der Waals surface area contributed by atoms with Crippen LogP contribution in [0.2, 0.25) is 0 Å². The van der Waals surface area contributed by atoms with Gasteiger partial charge < -0.3 is 19.5 Å². The number of carbonyl (C=O) groups excluding carboxylic acids is 2. The summed E-state index contributed by atoms with van der Waals surface area (Å²) >= 11 is 0. The number of benzene rings is 1. The van der Waals surface area contributed by atoms with Crippen LogP contribution in [0.25, 0.3) is 0 Å². The number of halogens is 4. The molecule has 1 unspecified atom stereocenters. The standard InChI is InChI=1S/C23H20F4N4O4/c1-13-15(24)8-14(22(33)29-12-23(25,26)27)9-16(13)28-11-21(32)31-18(20-5-3-7-35-20)10-17(30-31)19-4-2-6-34-19/h2-9,18,28H,10-12H2,1H3,(H,29,33). The zero-order valence-corrected chi connectivity index (χ0v) is 18.4. The van der Waals surface area contributed by atoms with Gasteiger partial charge in [0.15, 0.2) is 0 Å². The average Bonchev–Trinajstić information content (AvgIpc) is 3.58. The minimum atomic E-state index is -4.61. The first-order valence-electron chi connectivity index (χ1n) is 10.5. The van der Waals surface area contributed by atoms with Crippen molar-refractivity contribution < 1.29 is 36.0 Å². The molecule has 2 aromatic heterocycles. The van der Waals surface area contributed by atoms with Crippen molar-refractivity contribution in [3.8, 4) is 0 Å². The average molecular weight is 492 g/mol. The van der Waals surface area contributed by atoms with Gasteiger partial charge in [-0.25, -0.2) is 9.40 Å². The van der Waals surface area contributed by atoms with Gasteiger partial charge in [0.2, 0.25) is 0 Å². The molecule has 0 aliphatic carbocycles. The summed E-state index contributed by atoms with van der Waals surface area (Å²) in [6.07, 6.45) is -1.31. The maximum atomic E-state index is 14.4. The number of anilines is 1. The molecule has 0 fully saturated rings. The molecular weight excluding hydrogens is 472 g/mol. The van der Waals surface area contributed by atoms with Crippen molar-refractivity contribution in [3.63, 3.8) is 0 Å². The van der Waals surface area contributed by atoms with Crippen molar-refractivity contribution in [3.05, 3.63) is 77.4 Å². The normalized spacial score (nSPS) is 15.7. The Morgan fingerprint density at radius 3 is 2.57 bits per heavy atom. The number of furan rings is 2. The largest absolute Gasteiger partial charge is 0.467 e. The van der Waals surface area contributed by atoms with E-state index < -0.39 is 36.4 Å². The van der Waals surface area contributed by atoms with Crippen LogP contribution in [0.5, 0.6) is 0 Å². The Morgan fingerprint density at radius 2 is 1.91 bits per heavy atom. The highest BCUT2D eigenvalue weighted by molar-refractivity contribution is 6.01. The van der Waals surface area contributed by atoms with Gasteiger partial charge >= 0.3 is 6.18 Å². The summed E-state index contributed by atoms with van der Waals surface area (Å²) < 4.78 is 62.4. The van der Waals surface area contributed by atoms with Gasteiger partial charge in [-0.05, 0) is 43.3 Å². The van der Waals surface area contributed by atoms with E-state index in [0.717, 1.165) is 6.07 Å². The van der Waals surface area contributed by atoms with Gasteiger partial charge in [-0.2, -0.15) is 18.3 Å². The number of alkyl halides is 3. The lowest BCUT2D eigenvalue weighted by molar-refractivity contribution is -0.131. The molecule has 4 rings (SSSR count). The monoisotopic (exact) mass is 492 g/mol. The first-order chi connectivity index (χ1) is 16.6. The summed E-state index contributed by atoms with van der Waals surface area (Å²) in [5, 5.41) is 10.1. The van der Waals surface area contributed by atoms with E-state index in [9.17, 15) is 27.2 Å². The highest BCUT2D eigenvalue weighted by atomic mass is 19.4. The van der Waals surface area contributed by atoms with Crippen LogP contribution in [0.3, 0.4) is 0 Å². The van der Waals surface area contributed by atoms with Crippen LogP contribution in [0.4, 0.5) is 23.2 Å². The molecule has 0 bridgehead atoms. The molecule has 3 aromatic rings. The van der Waals surface area contributed by atoms with E-state index >= 15 is 0 Å². The fourth-order valence-corrected chi connectivity index (χ4v) is 3.56. The Kier molecular flexibility index (Phi) is 6.63. The lowest BCUT2D eigenvalue weighted by atomic mass is 10.1. The van der Waals surface area contributed by atoms with Crippen LogP contribution in [-0.2, 0) is 4.79 Å². The number of nitrogens with zero attached hydrogens (tertiary/aromatic N) is 2. The van der Waals surface area contributed by atoms with Gasteiger partial charge in [0.1, 0.15) is 35.6 Å². The second-order valence-corrected chi connectivity index (χ2v) is 7.78. The topological polar surface area (TPSA) is 100 Å². The van der Waals surface area contributed by atoms with E-state index in [1.165, 1.54) is 30.5 Å².